The van der Waals surface area contributed by atoms with E-state index in [2.05, 4.69) is 10.3 Å². The van der Waals surface area contributed by atoms with Crippen LogP contribution < -0.4 is 10.5 Å². The molecule has 0 amide bonds. The Morgan fingerprint density at radius 2 is 1.68 bits per heavy atom. The summed E-state index contributed by atoms with van der Waals surface area (Å²) in [6.07, 6.45) is 2.92. The van der Waals surface area contributed by atoms with Gasteiger partial charge >= 0.3 is 0 Å². The summed E-state index contributed by atoms with van der Waals surface area (Å²) in [7, 11) is 0. The smallest absolute Gasteiger partial charge is 0.238 e. The molecule has 180 valence electrons. The Balaban J connectivity index is 1.39. The van der Waals surface area contributed by atoms with Crippen molar-refractivity contribution in [3.8, 4) is 5.69 Å². The minimum atomic E-state index is -0.428. The van der Waals surface area contributed by atoms with Crippen molar-refractivity contribution in [2.45, 2.75) is 6.54 Å². The summed E-state index contributed by atoms with van der Waals surface area (Å²) in [5.41, 5.74) is 2.63. The molecule has 5 aromatic rings. The molecule has 0 atom stereocenters. The minimum absolute atomic E-state index is 0.0662. The summed E-state index contributed by atoms with van der Waals surface area (Å²) in [5, 5.41) is 17.5. The van der Waals surface area contributed by atoms with E-state index < -0.39 is 5.82 Å². The first-order valence-electron chi connectivity index (χ1n) is 11.4. The van der Waals surface area contributed by atoms with Crippen LogP contribution >= 0.6 is 0 Å². The van der Waals surface area contributed by atoms with E-state index in [1.807, 2.05) is 18.2 Å². The van der Waals surface area contributed by atoms with E-state index in [9.17, 15) is 14.0 Å². The van der Waals surface area contributed by atoms with Crippen LogP contribution in [0.2, 0.25) is 0 Å². The molecule has 0 unspecified atom stereocenters. The highest BCUT2D eigenvalue weighted by Crippen LogP contribution is 2.29. The average molecular weight is 491 g/mol. The third-order valence-electron chi connectivity index (χ3n) is 6.13. The van der Waals surface area contributed by atoms with Gasteiger partial charge in [0.15, 0.2) is 5.78 Å². The van der Waals surface area contributed by atoms with Gasteiger partial charge in [0, 0.05) is 28.3 Å². The number of carbonyl (C=O) groups excluding carboxylic acids is 2. The summed E-state index contributed by atoms with van der Waals surface area (Å²) in [6, 6.07) is 21.4. The Morgan fingerprint density at radius 3 is 2.49 bits per heavy atom. The van der Waals surface area contributed by atoms with Crippen molar-refractivity contribution in [3.63, 3.8) is 0 Å². The van der Waals surface area contributed by atoms with E-state index >= 15 is 0 Å². The highest BCUT2D eigenvalue weighted by molar-refractivity contribution is 6.25. The fourth-order valence-electron chi connectivity index (χ4n) is 4.33. The second kappa shape index (κ2) is 8.80. The van der Waals surface area contributed by atoms with E-state index in [1.54, 1.807) is 47.5 Å². The number of para-hydroxylation sites is 1. The average Bonchev–Trinajstić information content (AvgIpc) is 3.38. The molecule has 0 radical (unpaired) electrons. The summed E-state index contributed by atoms with van der Waals surface area (Å²) in [6.45, 7) is 0.0662. The van der Waals surface area contributed by atoms with Gasteiger partial charge in [-0.05, 0) is 36.4 Å². The van der Waals surface area contributed by atoms with Gasteiger partial charge in [-0.1, -0.05) is 47.7 Å². The number of fused-ring (bicyclic) bond motifs is 2. The van der Waals surface area contributed by atoms with Crippen molar-refractivity contribution in [1.82, 2.24) is 15.0 Å². The van der Waals surface area contributed by atoms with Crippen LogP contribution in [0.4, 0.5) is 10.1 Å². The Kier molecular flexibility index (Phi) is 5.30. The van der Waals surface area contributed by atoms with E-state index in [0.29, 0.717) is 33.8 Å². The zero-order valence-electron chi connectivity index (χ0n) is 19.3. The molecule has 1 aliphatic rings. The first-order chi connectivity index (χ1) is 18.0. The summed E-state index contributed by atoms with van der Waals surface area (Å²) >= 11 is 0. The van der Waals surface area contributed by atoms with Gasteiger partial charge in [0.2, 0.25) is 11.3 Å². The van der Waals surface area contributed by atoms with Crippen LogP contribution in [-0.2, 0) is 6.54 Å². The molecule has 0 saturated heterocycles. The third kappa shape index (κ3) is 4.02. The van der Waals surface area contributed by atoms with Gasteiger partial charge in [-0.15, -0.1) is 5.10 Å². The maximum atomic E-state index is 13.7. The van der Waals surface area contributed by atoms with Gasteiger partial charge in [0.25, 0.3) is 0 Å². The molecular formula is C28H18FN5O3. The lowest BCUT2D eigenvalue weighted by Crippen LogP contribution is -2.31. The zero-order chi connectivity index (χ0) is 25.5. The lowest BCUT2D eigenvalue weighted by molar-refractivity contribution is 0.0981. The largest absolute Gasteiger partial charge is 0.437 e. The summed E-state index contributed by atoms with van der Waals surface area (Å²) < 4.78 is 20.7. The number of hydrogen-bond donors (Lipinski definition) is 1. The van der Waals surface area contributed by atoms with Gasteiger partial charge in [-0.25, -0.2) is 9.07 Å². The number of benzene rings is 3. The van der Waals surface area contributed by atoms with E-state index in [0.717, 1.165) is 5.39 Å². The van der Waals surface area contributed by atoms with Crippen molar-refractivity contribution >= 4 is 28.2 Å². The Morgan fingerprint density at radius 1 is 0.946 bits per heavy atom. The second-order valence-electron chi connectivity index (χ2n) is 8.48. The fourth-order valence-corrected chi connectivity index (χ4v) is 4.33. The third-order valence-corrected chi connectivity index (χ3v) is 6.13. The molecule has 37 heavy (non-hydrogen) atoms. The maximum Gasteiger partial charge on any atom is 0.238 e. The van der Waals surface area contributed by atoms with Crippen LogP contribution in [0.5, 0.6) is 0 Å². The van der Waals surface area contributed by atoms with Gasteiger partial charge in [-0.2, -0.15) is 0 Å². The number of halogens is 1. The maximum absolute atomic E-state index is 13.7. The quantitative estimate of drug-likeness (QED) is 0.385. The number of ketones is 2. The number of nitrogens with one attached hydrogen (secondary N) is 1. The number of carbonyl (C=O) groups is 2. The van der Waals surface area contributed by atoms with Crippen molar-refractivity contribution < 1.29 is 18.4 Å². The second-order valence-corrected chi connectivity index (χ2v) is 8.48. The normalized spacial score (nSPS) is 12.9. The van der Waals surface area contributed by atoms with Crippen molar-refractivity contribution in [1.29, 1.82) is 5.41 Å². The molecule has 0 bridgehead atoms. The Bertz CT molecular complexity index is 1790. The predicted molar refractivity (Wildman–Crippen MR) is 133 cm³/mol. The number of anilines is 1. The summed E-state index contributed by atoms with van der Waals surface area (Å²) in [5.74, 6) is -1.05. The van der Waals surface area contributed by atoms with Crippen LogP contribution in [0.15, 0.2) is 101 Å². The molecule has 0 spiro atoms. The monoisotopic (exact) mass is 491 g/mol. The van der Waals surface area contributed by atoms with E-state index in [-0.39, 0.29) is 29.4 Å². The lowest BCUT2D eigenvalue weighted by atomic mass is 9.92. The topological polar surface area (TPSA) is 105 Å². The van der Waals surface area contributed by atoms with Crippen molar-refractivity contribution in [2.75, 3.05) is 4.90 Å². The standard InChI is InChI=1S/C28H18FN5O3/c29-18-9-11-20(12-10-18)33(23-14-25(35)21-6-2-3-7-22(21)27(23)36)15-19-16-34(32-31-19)24-13-17-5-1-4-8-26(17)37-28(24)30/h1-14,16,30H,15H2. The minimum Gasteiger partial charge on any atom is -0.437 e. The number of nitrogens with zero attached hydrogens (tertiary/aromatic N) is 4. The van der Waals surface area contributed by atoms with Crippen LogP contribution in [-0.4, -0.2) is 26.6 Å². The lowest BCUT2D eigenvalue weighted by Gasteiger charge is -2.28. The number of allylic oxidation sites excluding steroid dienone is 2. The first-order valence-corrected chi connectivity index (χ1v) is 11.4. The molecule has 2 aromatic heterocycles. The molecule has 0 aliphatic heterocycles. The van der Waals surface area contributed by atoms with Gasteiger partial charge in [-0.3, -0.25) is 15.0 Å². The first kappa shape index (κ1) is 22.3. The number of rotatable bonds is 5. The van der Waals surface area contributed by atoms with Crippen molar-refractivity contribution in [2.24, 2.45) is 0 Å². The van der Waals surface area contributed by atoms with Gasteiger partial charge in [0.1, 0.15) is 22.8 Å². The number of Topliss-reactive ketones (excluding diaryl/α,β-unsaturated/α-hetero) is 1. The van der Waals surface area contributed by atoms with Gasteiger partial charge < -0.3 is 9.32 Å². The van der Waals surface area contributed by atoms with Crippen molar-refractivity contribution in [3.05, 3.63) is 125 Å². The molecule has 2 heterocycles. The summed E-state index contributed by atoms with van der Waals surface area (Å²) in [4.78, 5) is 27.9. The van der Waals surface area contributed by atoms with E-state index in [1.165, 1.54) is 35.0 Å². The SMILES string of the molecule is N=c1oc2ccccc2cc1-n1cc(CN(C2=CC(=O)c3ccccc3C2=O)c2ccc(F)cc2)nn1. The molecule has 8 nitrogen and oxygen atoms in total. The molecule has 6 rings (SSSR count). The van der Waals surface area contributed by atoms with Crippen LogP contribution in [0.3, 0.4) is 0 Å². The number of aromatic nitrogens is 3. The Hall–Kier alpha value is -5.18. The van der Waals surface area contributed by atoms with Crippen LogP contribution in [0.1, 0.15) is 26.4 Å². The van der Waals surface area contributed by atoms with Crippen LogP contribution in [0, 0.1) is 11.2 Å². The van der Waals surface area contributed by atoms with Crippen LogP contribution in [0.25, 0.3) is 16.7 Å². The fraction of sp³-hybridized carbons (Fsp3) is 0.0357. The highest BCUT2D eigenvalue weighted by atomic mass is 19.1. The highest BCUT2D eigenvalue weighted by Gasteiger charge is 2.30. The zero-order valence-corrected chi connectivity index (χ0v) is 19.3. The molecule has 0 fully saturated rings. The predicted octanol–water partition coefficient (Wildman–Crippen LogP) is 4.60. The molecule has 1 aliphatic carbocycles. The van der Waals surface area contributed by atoms with Gasteiger partial charge in [0.05, 0.1) is 18.4 Å². The van der Waals surface area contributed by atoms with E-state index in [4.69, 9.17) is 9.83 Å². The molecular weight excluding hydrogens is 473 g/mol. The molecule has 0 saturated carbocycles. The molecule has 1 N–H and O–H groups in total. The Labute approximate surface area is 209 Å². The molecule has 9 heteroatoms. The molecule has 3 aromatic carbocycles. The number of hydrogen-bond acceptors (Lipinski definition) is 7.